The number of benzene rings is 1. The summed E-state index contributed by atoms with van der Waals surface area (Å²) in [5.41, 5.74) is 0.695. The van der Waals surface area contributed by atoms with Gasteiger partial charge >= 0.3 is 0 Å². The fraction of sp³-hybridized carbons (Fsp3) is 0.625. The van der Waals surface area contributed by atoms with Gasteiger partial charge in [0.1, 0.15) is 5.82 Å². The van der Waals surface area contributed by atoms with Crippen LogP contribution in [-0.4, -0.2) is 14.2 Å². The highest BCUT2D eigenvalue weighted by Gasteiger charge is 2.43. The van der Waals surface area contributed by atoms with E-state index in [2.05, 4.69) is 15.9 Å². The molecule has 2 nitrogen and oxygen atoms in total. The molecular weight excluding hydrogens is 323 g/mol. The van der Waals surface area contributed by atoms with Crippen LogP contribution in [-0.2, 0) is 0 Å². The molecule has 0 aliphatic heterocycles. The zero-order valence-corrected chi connectivity index (χ0v) is 13.5. The summed E-state index contributed by atoms with van der Waals surface area (Å²) in [4.78, 5) is 0.0672. The normalized spacial score (nSPS) is 29.5. The first-order chi connectivity index (χ1) is 9.63. The fourth-order valence-corrected chi connectivity index (χ4v) is 4.96. The van der Waals surface area contributed by atoms with E-state index in [-0.39, 0.29) is 10.6 Å². The van der Waals surface area contributed by atoms with Crippen molar-refractivity contribution in [3.8, 4) is 11.5 Å². The number of alkyl halides is 1. The van der Waals surface area contributed by atoms with Gasteiger partial charge in [0.15, 0.2) is 11.5 Å². The van der Waals surface area contributed by atoms with E-state index in [1.165, 1.54) is 38.9 Å². The van der Waals surface area contributed by atoms with Gasteiger partial charge in [0.2, 0.25) is 0 Å². The third-order valence-electron chi connectivity index (χ3n) is 4.97. The van der Waals surface area contributed by atoms with Crippen LogP contribution in [0.3, 0.4) is 0 Å². The van der Waals surface area contributed by atoms with Gasteiger partial charge < -0.3 is 9.47 Å². The minimum atomic E-state index is -0.215. The van der Waals surface area contributed by atoms with E-state index in [4.69, 9.17) is 9.47 Å². The highest BCUT2D eigenvalue weighted by molar-refractivity contribution is 9.09. The Morgan fingerprint density at radius 2 is 1.85 bits per heavy atom. The number of ether oxygens (including phenoxy) is 2. The van der Waals surface area contributed by atoms with Gasteiger partial charge in [0.25, 0.3) is 0 Å². The minimum absolute atomic E-state index is 0.0672. The molecule has 1 aromatic rings. The molecular formula is C16H20BrFO2. The lowest BCUT2D eigenvalue weighted by Gasteiger charge is -2.27. The van der Waals surface area contributed by atoms with Crippen LogP contribution in [0.4, 0.5) is 4.39 Å². The molecule has 2 bridgehead atoms. The van der Waals surface area contributed by atoms with Crippen LogP contribution in [0.5, 0.6) is 11.5 Å². The van der Waals surface area contributed by atoms with E-state index < -0.39 is 0 Å². The van der Waals surface area contributed by atoms with E-state index in [1.54, 1.807) is 13.2 Å². The second kappa shape index (κ2) is 5.55. The Bertz CT molecular complexity index is 505. The lowest BCUT2D eigenvalue weighted by atomic mass is 9.84. The highest BCUT2D eigenvalue weighted by Crippen LogP contribution is 2.55. The summed E-state index contributed by atoms with van der Waals surface area (Å²) in [7, 11) is 3.11. The van der Waals surface area contributed by atoms with E-state index in [0.29, 0.717) is 23.0 Å². The number of fused-ring (bicyclic) bond motifs is 2. The average molecular weight is 343 g/mol. The third-order valence-corrected chi connectivity index (χ3v) is 6.14. The molecule has 0 radical (unpaired) electrons. The van der Waals surface area contributed by atoms with Crippen molar-refractivity contribution in [2.75, 3.05) is 14.2 Å². The fourth-order valence-electron chi connectivity index (χ4n) is 3.96. The van der Waals surface area contributed by atoms with Gasteiger partial charge in [-0.1, -0.05) is 22.4 Å². The standard InChI is InChI=1S/C16H20BrFO2/c1-19-14-7-12(13(18)8-15(14)20-2)16(17)11-6-9-3-4-10(11)5-9/h7-11,16H,3-6H2,1-2H3. The van der Waals surface area contributed by atoms with Crippen molar-refractivity contribution in [1.82, 2.24) is 0 Å². The van der Waals surface area contributed by atoms with E-state index in [1.807, 2.05) is 0 Å². The van der Waals surface area contributed by atoms with Gasteiger partial charge in [0.05, 0.1) is 14.2 Å². The first-order valence-corrected chi connectivity index (χ1v) is 8.11. The Labute approximate surface area is 127 Å². The molecule has 0 spiro atoms. The van der Waals surface area contributed by atoms with Crippen molar-refractivity contribution in [2.24, 2.45) is 17.8 Å². The van der Waals surface area contributed by atoms with E-state index >= 15 is 0 Å². The summed E-state index contributed by atoms with van der Waals surface area (Å²) in [5, 5.41) is 0. The lowest BCUT2D eigenvalue weighted by Crippen LogP contribution is -2.16. The molecule has 20 heavy (non-hydrogen) atoms. The molecule has 2 aliphatic rings. The van der Waals surface area contributed by atoms with E-state index in [0.717, 1.165) is 11.8 Å². The van der Waals surface area contributed by atoms with Gasteiger partial charge in [-0.3, -0.25) is 0 Å². The monoisotopic (exact) mass is 342 g/mol. The van der Waals surface area contributed by atoms with Crippen molar-refractivity contribution >= 4 is 15.9 Å². The molecule has 0 aromatic heterocycles. The van der Waals surface area contributed by atoms with Gasteiger partial charge in [-0.15, -0.1) is 0 Å². The van der Waals surface area contributed by atoms with Crippen LogP contribution >= 0.6 is 15.9 Å². The predicted molar refractivity (Wildman–Crippen MR) is 80.1 cm³/mol. The Balaban J connectivity index is 1.89. The number of hydrogen-bond acceptors (Lipinski definition) is 2. The second-order valence-electron chi connectivity index (χ2n) is 5.97. The number of hydrogen-bond donors (Lipinski definition) is 0. The summed E-state index contributed by atoms with van der Waals surface area (Å²) >= 11 is 3.74. The van der Waals surface area contributed by atoms with E-state index in [9.17, 15) is 4.39 Å². The topological polar surface area (TPSA) is 18.5 Å². The predicted octanol–water partition coefficient (Wildman–Crippen LogP) is 4.72. The van der Waals surface area contributed by atoms with Gasteiger partial charge in [-0.25, -0.2) is 4.39 Å². The molecule has 2 aliphatic carbocycles. The van der Waals surface area contributed by atoms with Gasteiger partial charge in [0, 0.05) is 16.5 Å². The minimum Gasteiger partial charge on any atom is -0.493 e. The second-order valence-corrected chi connectivity index (χ2v) is 6.96. The first-order valence-electron chi connectivity index (χ1n) is 7.19. The summed E-state index contributed by atoms with van der Waals surface area (Å²) in [6, 6.07) is 3.20. The molecule has 110 valence electrons. The van der Waals surface area contributed by atoms with Crippen molar-refractivity contribution in [2.45, 2.75) is 30.5 Å². The van der Waals surface area contributed by atoms with Crippen LogP contribution < -0.4 is 9.47 Å². The van der Waals surface area contributed by atoms with Crippen LogP contribution in [0.1, 0.15) is 36.1 Å². The molecule has 1 aromatic carbocycles. The smallest absolute Gasteiger partial charge is 0.163 e. The quantitative estimate of drug-likeness (QED) is 0.737. The summed E-state index contributed by atoms with van der Waals surface area (Å²) in [6.45, 7) is 0. The molecule has 0 amide bonds. The van der Waals surface area contributed by atoms with Crippen LogP contribution in [0.2, 0.25) is 0 Å². The number of halogens is 2. The molecule has 4 heteroatoms. The molecule has 0 saturated heterocycles. The molecule has 0 N–H and O–H groups in total. The maximum atomic E-state index is 14.3. The Kier molecular flexibility index (Phi) is 3.93. The summed E-state index contributed by atoms with van der Waals surface area (Å²) < 4.78 is 24.8. The summed E-state index contributed by atoms with van der Waals surface area (Å²) in [6.07, 6.45) is 5.19. The Morgan fingerprint density at radius 3 is 2.40 bits per heavy atom. The van der Waals surface area contributed by atoms with Crippen molar-refractivity contribution < 1.29 is 13.9 Å². The van der Waals surface area contributed by atoms with Gasteiger partial charge in [-0.05, 0) is 43.1 Å². The molecule has 0 heterocycles. The maximum Gasteiger partial charge on any atom is 0.163 e. The number of methoxy groups -OCH3 is 2. The number of rotatable bonds is 4. The lowest BCUT2D eigenvalue weighted by molar-refractivity contribution is 0.323. The largest absolute Gasteiger partial charge is 0.493 e. The highest BCUT2D eigenvalue weighted by atomic mass is 79.9. The average Bonchev–Trinajstić information content (AvgIpc) is 3.08. The van der Waals surface area contributed by atoms with Crippen molar-refractivity contribution in [3.05, 3.63) is 23.5 Å². The molecule has 4 unspecified atom stereocenters. The third kappa shape index (κ3) is 2.32. The Hall–Kier alpha value is -0.770. The van der Waals surface area contributed by atoms with Crippen LogP contribution in [0, 0.1) is 23.6 Å². The first kappa shape index (κ1) is 14.2. The van der Waals surface area contributed by atoms with Crippen LogP contribution in [0.25, 0.3) is 0 Å². The van der Waals surface area contributed by atoms with Crippen molar-refractivity contribution in [3.63, 3.8) is 0 Å². The van der Waals surface area contributed by atoms with Crippen molar-refractivity contribution in [1.29, 1.82) is 0 Å². The maximum absolute atomic E-state index is 14.3. The van der Waals surface area contributed by atoms with Crippen LogP contribution in [0.15, 0.2) is 12.1 Å². The zero-order valence-electron chi connectivity index (χ0n) is 11.9. The van der Waals surface area contributed by atoms with Gasteiger partial charge in [-0.2, -0.15) is 0 Å². The molecule has 2 fully saturated rings. The molecule has 2 saturated carbocycles. The summed E-state index contributed by atoms with van der Waals surface area (Å²) in [5.74, 6) is 2.97. The zero-order chi connectivity index (χ0) is 14.3. The molecule has 4 atom stereocenters. The Morgan fingerprint density at radius 1 is 1.15 bits per heavy atom. The SMILES string of the molecule is COc1cc(F)c(C(Br)C2CC3CCC2C3)cc1OC. The molecule has 3 rings (SSSR count).